The fraction of sp³-hybridized carbons (Fsp3) is 0.778. The van der Waals surface area contributed by atoms with Gasteiger partial charge >= 0.3 is 11.9 Å². The van der Waals surface area contributed by atoms with Crippen molar-refractivity contribution in [1.82, 2.24) is 0 Å². The summed E-state index contributed by atoms with van der Waals surface area (Å²) in [6.07, 6.45) is 7.81. The van der Waals surface area contributed by atoms with Crippen molar-refractivity contribution in [2.75, 3.05) is 0 Å². The second-order valence-electron chi connectivity index (χ2n) is 15.6. The highest BCUT2D eigenvalue weighted by Gasteiger charge is 2.47. The first kappa shape index (κ1) is 40.4. The second kappa shape index (κ2) is 16.1. The fourth-order valence-corrected chi connectivity index (χ4v) is 7.05. The maximum Gasteiger partial charge on any atom is 0.308 e. The van der Waals surface area contributed by atoms with E-state index < -0.39 is 55.9 Å². The van der Waals surface area contributed by atoms with Gasteiger partial charge in [0.25, 0.3) is 0 Å². The number of aliphatic hydroxyl groups is 3. The number of allylic oxidation sites excluding steroid dienone is 2. The second-order valence-corrected chi connectivity index (χ2v) is 20.3. The molecule has 0 aromatic rings. The molecule has 0 bridgehead atoms. The highest BCUT2D eigenvalue weighted by Crippen LogP contribution is 2.39. The van der Waals surface area contributed by atoms with Gasteiger partial charge in [-0.3, -0.25) is 9.59 Å². The van der Waals surface area contributed by atoms with E-state index in [-0.39, 0.29) is 41.9 Å². The third-order valence-corrected chi connectivity index (χ3v) is 14.4. The number of epoxide rings is 1. The normalized spacial score (nSPS) is 33.6. The van der Waals surface area contributed by atoms with Gasteiger partial charge < -0.3 is 34.0 Å². The minimum atomic E-state index is -2.27. The lowest BCUT2D eigenvalue weighted by Gasteiger charge is -2.40. The van der Waals surface area contributed by atoms with Gasteiger partial charge in [-0.2, -0.15) is 0 Å². The molecule has 0 aromatic heterocycles. The molecule has 2 aliphatic rings. The lowest BCUT2D eigenvalue weighted by atomic mass is 9.88. The molecule has 3 N–H and O–H groups in total. The van der Waals surface area contributed by atoms with Crippen LogP contribution in [0.15, 0.2) is 36.0 Å². The van der Waals surface area contributed by atoms with Crippen LogP contribution in [0.2, 0.25) is 18.1 Å². The van der Waals surface area contributed by atoms with Crippen LogP contribution in [0.1, 0.15) is 101 Å². The number of carbonyl (C=O) groups excluding carboxylic acids is 2. The molecule has 0 aliphatic carbocycles. The summed E-state index contributed by atoms with van der Waals surface area (Å²) < 4.78 is 24.1. The molecule has 0 amide bonds. The third kappa shape index (κ3) is 12.0. The Balaban J connectivity index is 2.33. The number of ether oxygens (including phenoxy) is 3. The lowest BCUT2D eigenvalue weighted by Crippen LogP contribution is -2.46. The van der Waals surface area contributed by atoms with Crippen LogP contribution in [-0.4, -0.2) is 83.4 Å². The summed E-state index contributed by atoms with van der Waals surface area (Å²) in [6.45, 7) is 23.0. The highest BCUT2D eigenvalue weighted by atomic mass is 28.4. The first-order chi connectivity index (χ1) is 21.0. The average molecular weight is 667 g/mol. The molecule has 0 unspecified atom stereocenters. The Hall–Kier alpha value is -1.82. The number of aliphatic hydroxyl groups excluding tert-OH is 1. The van der Waals surface area contributed by atoms with Gasteiger partial charge in [-0.05, 0) is 69.8 Å². The topological polar surface area (TPSA) is 135 Å². The third-order valence-electron chi connectivity index (χ3n) is 9.91. The van der Waals surface area contributed by atoms with E-state index in [1.54, 1.807) is 38.2 Å². The number of esters is 2. The molecule has 1 saturated heterocycles. The first-order valence-corrected chi connectivity index (χ1v) is 19.8. The Bertz CT molecular complexity index is 1120. The van der Waals surface area contributed by atoms with Crippen molar-refractivity contribution >= 4 is 20.3 Å². The van der Waals surface area contributed by atoms with Gasteiger partial charge in [-0.25, -0.2) is 0 Å². The Morgan fingerprint density at radius 1 is 1.22 bits per heavy atom. The Labute approximate surface area is 278 Å². The van der Waals surface area contributed by atoms with Gasteiger partial charge in [0, 0.05) is 25.2 Å². The molecule has 46 heavy (non-hydrogen) atoms. The van der Waals surface area contributed by atoms with Crippen molar-refractivity contribution in [3.05, 3.63) is 36.0 Å². The Morgan fingerprint density at radius 2 is 1.85 bits per heavy atom. The zero-order chi connectivity index (χ0) is 35.3. The number of hydrogen-bond acceptors (Lipinski definition) is 9. The first-order valence-electron chi connectivity index (χ1n) is 16.9. The number of cyclic esters (lactones) is 1. The number of hydrogen-bond donors (Lipinski definition) is 3. The van der Waals surface area contributed by atoms with Gasteiger partial charge in [0.1, 0.15) is 17.8 Å². The van der Waals surface area contributed by atoms with E-state index in [1.165, 1.54) is 6.92 Å². The van der Waals surface area contributed by atoms with Crippen LogP contribution in [0.5, 0.6) is 0 Å². The predicted molar refractivity (Wildman–Crippen MR) is 183 cm³/mol. The van der Waals surface area contributed by atoms with Crippen LogP contribution in [0.4, 0.5) is 0 Å². The van der Waals surface area contributed by atoms with E-state index in [0.29, 0.717) is 19.3 Å². The summed E-state index contributed by atoms with van der Waals surface area (Å²) >= 11 is 0. The molecule has 0 saturated carbocycles. The van der Waals surface area contributed by atoms with Crippen LogP contribution in [-0.2, 0) is 28.2 Å². The monoisotopic (exact) mass is 666 g/mol. The zero-order valence-electron chi connectivity index (χ0n) is 30.3. The van der Waals surface area contributed by atoms with E-state index in [9.17, 15) is 24.9 Å². The molecule has 2 aliphatic heterocycles. The number of rotatable bonds is 11. The molecule has 0 spiro atoms. The predicted octanol–water partition coefficient (Wildman–Crippen LogP) is 6.17. The fourth-order valence-electron chi connectivity index (χ4n) is 5.66. The van der Waals surface area contributed by atoms with Crippen molar-refractivity contribution in [2.24, 2.45) is 11.8 Å². The van der Waals surface area contributed by atoms with E-state index in [2.05, 4.69) is 33.9 Å². The highest BCUT2D eigenvalue weighted by molar-refractivity contribution is 6.74. The molecule has 264 valence electrons. The van der Waals surface area contributed by atoms with Crippen molar-refractivity contribution in [3.8, 4) is 0 Å². The van der Waals surface area contributed by atoms with Crippen LogP contribution >= 0.6 is 0 Å². The van der Waals surface area contributed by atoms with E-state index in [1.807, 2.05) is 33.8 Å². The molecular formula is C36H62O9Si. The minimum Gasteiger partial charge on any atom is -0.457 e. The van der Waals surface area contributed by atoms with E-state index in [0.717, 1.165) is 5.57 Å². The molecule has 2 heterocycles. The molecule has 0 aromatic carbocycles. The van der Waals surface area contributed by atoms with Crippen LogP contribution in [0.3, 0.4) is 0 Å². The van der Waals surface area contributed by atoms with E-state index in [4.69, 9.17) is 18.6 Å². The van der Waals surface area contributed by atoms with Crippen LogP contribution < -0.4 is 0 Å². The number of carbonyl (C=O) groups is 2. The summed E-state index contributed by atoms with van der Waals surface area (Å²) in [4.78, 5) is 25.4. The molecular weight excluding hydrogens is 604 g/mol. The van der Waals surface area contributed by atoms with Crippen molar-refractivity contribution in [3.63, 3.8) is 0 Å². The summed E-state index contributed by atoms with van der Waals surface area (Å²) in [5, 5.41) is 32.6. The largest absolute Gasteiger partial charge is 0.457 e. The molecule has 1 fully saturated rings. The summed E-state index contributed by atoms with van der Waals surface area (Å²) in [5.41, 5.74) is -1.77. The quantitative estimate of drug-likeness (QED) is 0.0779. The smallest absolute Gasteiger partial charge is 0.308 e. The maximum absolute atomic E-state index is 13.4. The summed E-state index contributed by atoms with van der Waals surface area (Å²) in [6, 6.07) is 0. The summed E-state index contributed by atoms with van der Waals surface area (Å²) in [7, 11) is -2.27. The van der Waals surface area contributed by atoms with Crippen molar-refractivity contribution < 1.29 is 43.5 Å². The average Bonchev–Trinajstić information content (AvgIpc) is 3.67. The molecule has 10 atom stereocenters. The van der Waals surface area contributed by atoms with Crippen molar-refractivity contribution in [2.45, 2.75) is 167 Å². The van der Waals surface area contributed by atoms with Gasteiger partial charge in [0.05, 0.1) is 36.4 Å². The standard InChI is InChI=1S/C36H62O9Si/c1-13-28(38)25(4)33-29(43-33)22-35(9,40)19-14-15-23(2)32-24(3)16-17-30(42-26(5)37)36(10,41)20-18-27(21-31(39)44-32)45-46(11,12)34(6,7)8/h14-17,19,24-25,27-30,32-33,38,40-41H,13,18,20-22H2,1-12H3/b17-16-,19-14+,23-15+/t24-,25+,27+,28-,29+,30-,32+,33+,35-,36+/m0/s1. The molecule has 9 nitrogen and oxygen atoms in total. The summed E-state index contributed by atoms with van der Waals surface area (Å²) in [5.74, 6) is -1.22. The van der Waals surface area contributed by atoms with Crippen LogP contribution in [0, 0.1) is 11.8 Å². The molecule has 2 rings (SSSR count). The molecule has 10 heteroatoms. The maximum atomic E-state index is 13.4. The van der Waals surface area contributed by atoms with Crippen molar-refractivity contribution in [1.29, 1.82) is 0 Å². The van der Waals surface area contributed by atoms with Gasteiger partial charge in [-0.15, -0.1) is 0 Å². The Kier molecular flexibility index (Phi) is 14.1. The van der Waals surface area contributed by atoms with Crippen LogP contribution in [0.25, 0.3) is 0 Å². The zero-order valence-corrected chi connectivity index (χ0v) is 31.3. The van der Waals surface area contributed by atoms with Gasteiger partial charge in [-0.1, -0.05) is 65.8 Å². The van der Waals surface area contributed by atoms with Gasteiger partial charge in [0.2, 0.25) is 0 Å². The van der Waals surface area contributed by atoms with E-state index >= 15 is 0 Å². The lowest BCUT2D eigenvalue weighted by molar-refractivity contribution is -0.157. The van der Waals surface area contributed by atoms with Gasteiger partial charge in [0.15, 0.2) is 8.32 Å². The Morgan fingerprint density at radius 3 is 2.41 bits per heavy atom. The molecule has 0 radical (unpaired) electrons. The minimum absolute atomic E-state index is 0.00161. The SMILES string of the molecule is CC[C@H](O)[C@@H](C)[C@H]1O[C@@H]1C[C@@](C)(O)/C=C/C=C(\C)[C@H]1OC(=O)C[C@H](O[Si](C)(C)C(C)(C)C)CC[C@@](C)(O)[C@@H](OC(C)=O)/C=C\[C@@H]1C.